The maximum Gasteiger partial charge on any atom is 0.416 e. The van der Waals surface area contributed by atoms with Crippen LogP contribution in [0, 0.1) is 6.92 Å². The van der Waals surface area contributed by atoms with E-state index in [4.69, 9.17) is 9.84 Å². The molecule has 2 rings (SSSR count). The Kier molecular flexibility index (Phi) is 7.57. The molecule has 7 nitrogen and oxygen atoms in total. The lowest BCUT2D eigenvalue weighted by Crippen LogP contribution is -2.22. The van der Waals surface area contributed by atoms with Gasteiger partial charge in [-0.2, -0.15) is 13.2 Å². The maximum atomic E-state index is 12.9. The van der Waals surface area contributed by atoms with Crippen LogP contribution in [-0.4, -0.2) is 36.1 Å². The van der Waals surface area contributed by atoms with Gasteiger partial charge in [0.05, 0.1) is 11.1 Å². The van der Waals surface area contributed by atoms with Crippen molar-refractivity contribution in [2.75, 3.05) is 23.8 Å². The maximum absolute atomic E-state index is 12.9. The van der Waals surface area contributed by atoms with E-state index in [1.165, 1.54) is 12.1 Å². The molecule has 0 spiro atoms. The molecule has 0 atom stereocenters. The van der Waals surface area contributed by atoms with E-state index in [9.17, 15) is 27.6 Å². The van der Waals surface area contributed by atoms with Crippen LogP contribution in [0.5, 0.6) is 0 Å². The highest BCUT2D eigenvalue weighted by Gasteiger charge is 2.31. The lowest BCUT2D eigenvalue weighted by atomic mass is 10.1. The van der Waals surface area contributed by atoms with Gasteiger partial charge in [-0.25, -0.2) is 4.79 Å². The van der Waals surface area contributed by atoms with E-state index >= 15 is 0 Å². The molecule has 2 aromatic rings. The van der Waals surface area contributed by atoms with Crippen LogP contribution in [0.4, 0.5) is 23.9 Å². The predicted octanol–water partition coefficient (Wildman–Crippen LogP) is 3.93. The summed E-state index contributed by atoms with van der Waals surface area (Å²) in [6.45, 7) is 2.37. The monoisotopic (exact) mass is 444 g/mol. The minimum absolute atomic E-state index is 0.0391. The number of carboxylic acid groups (broad SMARTS) is 1. The molecule has 2 amide bonds. The normalized spacial score (nSPS) is 11.2. The molecule has 0 saturated carbocycles. The number of nitrogens with one attached hydrogen (secondary N) is 2. The second-order valence-electron chi connectivity index (χ2n) is 6.16. The molecule has 3 N–H and O–H groups in total. The number of carbonyl (C=O) groups excluding carboxylic acids is 2. The summed E-state index contributed by atoms with van der Waals surface area (Å²) in [4.78, 5) is 36.0. The quantitative estimate of drug-likeness (QED) is 0.572. The van der Waals surface area contributed by atoms with Crippen molar-refractivity contribution in [1.29, 1.82) is 0 Å². The largest absolute Gasteiger partial charge is 0.480 e. The first-order valence-electron chi connectivity index (χ1n) is 8.73. The van der Waals surface area contributed by atoms with Crippen molar-refractivity contribution < 1.29 is 37.4 Å². The number of aryl methyl sites for hydroxylation is 1. The number of alkyl halides is 3. The Balaban J connectivity index is 2.24. The summed E-state index contributed by atoms with van der Waals surface area (Å²) in [5.74, 6) is -2.56. The molecule has 0 fully saturated rings. The van der Waals surface area contributed by atoms with E-state index in [1.54, 1.807) is 13.8 Å². The number of hydrogen-bond acceptors (Lipinski definition) is 5. The number of amides is 2. The molecule has 1 aromatic carbocycles. The van der Waals surface area contributed by atoms with Gasteiger partial charge in [0.1, 0.15) is 18.2 Å². The standard InChI is InChI=1S/C19H19F3N2O5S/c1-3-13-10(2)30-18(24-14(25)8-29-9-15(26)27)16(13)17(28)23-12-6-4-5-11(7-12)19(20,21)22/h4-7H,3,8-9H2,1-2H3,(H,23,28)(H,24,25)(H,26,27). The van der Waals surface area contributed by atoms with Gasteiger partial charge in [-0.3, -0.25) is 9.59 Å². The Bertz CT molecular complexity index is 956. The number of thiophene rings is 1. The number of aliphatic carboxylic acids is 1. The smallest absolute Gasteiger partial charge is 0.416 e. The van der Waals surface area contributed by atoms with Crippen LogP contribution in [0.15, 0.2) is 24.3 Å². The van der Waals surface area contributed by atoms with E-state index in [-0.39, 0.29) is 16.3 Å². The highest BCUT2D eigenvalue weighted by atomic mass is 32.1. The molecule has 0 aliphatic heterocycles. The minimum atomic E-state index is -4.55. The van der Waals surface area contributed by atoms with Crippen molar-refractivity contribution in [3.8, 4) is 0 Å². The molecule has 0 aliphatic rings. The van der Waals surface area contributed by atoms with Crippen molar-refractivity contribution in [3.05, 3.63) is 45.8 Å². The topological polar surface area (TPSA) is 105 Å². The number of ether oxygens (including phenoxy) is 1. The second kappa shape index (κ2) is 9.72. The molecule has 1 aromatic heterocycles. The third-order valence-corrected chi connectivity index (χ3v) is 5.01. The molecule has 0 bridgehead atoms. The van der Waals surface area contributed by atoms with Gasteiger partial charge in [0, 0.05) is 10.6 Å². The first-order valence-corrected chi connectivity index (χ1v) is 9.54. The number of hydrogen-bond donors (Lipinski definition) is 3. The van der Waals surface area contributed by atoms with Gasteiger partial charge in [0.2, 0.25) is 0 Å². The molecule has 0 aliphatic carbocycles. The molecule has 1 heterocycles. The third kappa shape index (κ3) is 6.04. The fourth-order valence-corrected chi connectivity index (χ4v) is 3.85. The Morgan fingerprint density at radius 1 is 1.17 bits per heavy atom. The van der Waals surface area contributed by atoms with Crippen LogP contribution in [0.2, 0.25) is 0 Å². The molecule has 30 heavy (non-hydrogen) atoms. The van der Waals surface area contributed by atoms with E-state index in [1.807, 2.05) is 0 Å². The van der Waals surface area contributed by atoms with Gasteiger partial charge in [-0.15, -0.1) is 11.3 Å². The SMILES string of the molecule is CCc1c(C)sc(NC(=O)COCC(=O)O)c1C(=O)Nc1cccc(C(F)(F)F)c1. The average Bonchev–Trinajstić information content (AvgIpc) is 2.95. The van der Waals surface area contributed by atoms with E-state index in [0.717, 1.165) is 28.3 Å². The van der Waals surface area contributed by atoms with E-state index < -0.39 is 42.7 Å². The number of anilines is 2. The van der Waals surface area contributed by atoms with Gasteiger partial charge in [0.25, 0.3) is 11.8 Å². The zero-order valence-electron chi connectivity index (χ0n) is 16.1. The number of halogens is 3. The predicted molar refractivity (Wildman–Crippen MR) is 105 cm³/mol. The average molecular weight is 444 g/mol. The fraction of sp³-hybridized carbons (Fsp3) is 0.316. The van der Waals surface area contributed by atoms with Crippen molar-refractivity contribution in [3.63, 3.8) is 0 Å². The molecular formula is C19H19F3N2O5S. The first-order chi connectivity index (χ1) is 14.0. The van der Waals surface area contributed by atoms with Crippen LogP contribution in [0.3, 0.4) is 0 Å². The Morgan fingerprint density at radius 3 is 2.47 bits per heavy atom. The summed E-state index contributed by atoms with van der Waals surface area (Å²) in [7, 11) is 0. The first kappa shape index (κ1) is 23.4. The van der Waals surface area contributed by atoms with Crippen LogP contribution in [-0.2, 0) is 26.9 Å². The lowest BCUT2D eigenvalue weighted by Gasteiger charge is -2.12. The Morgan fingerprint density at radius 2 is 1.87 bits per heavy atom. The minimum Gasteiger partial charge on any atom is -0.480 e. The second-order valence-corrected chi connectivity index (χ2v) is 7.39. The third-order valence-electron chi connectivity index (χ3n) is 3.95. The molecule has 162 valence electrons. The van der Waals surface area contributed by atoms with Crippen molar-refractivity contribution in [2.24, 2.45) is 0 Å². The Labute approximate surface area is 173 Å². The highest BCUT2D eigenvalue weighted by molar-refractivity contribution is 7.16. The van der Waals surface area contributed by atoms with E-state index in [2.05, 4.69) is 10.6 Å². The number of rotatable bonds is 8. The zero-order chi connectivity index (χ0) is 22.5. The summed E-state index contributed by atoms with van der Waals surface area (Å²) < 4.78 is 43.4. The number of benzene rings is 1. The summed E-state index contributed by atoms with van der Waals surface area (Å²) in [6, 6.07) is 4.22. The molecule has 0 unspecified atom stereocenters. The summed E-state index contributed by atoms with van der Waals surface area (Å²) in [6.07, 6.45) is -4.09. The highest BCUT2D eigenvalue weighted by Crippen LogP contribution is 2.35. The van der Waals surface area contributed by atoms with Gasteiger partial charge in [-0.05, 0) is 37.1 Å². The van der Waals surface area contributed by atoms with E-state index in [0.29, 0.717) is 12.0 Å². The van der Waals surface area contributed by atoms with Gasteiger partial charge >= 0.3 is 12.1 Å². The van der Waals surface area contributed by atoms with Crippen LogP contribution >= 0.6 is 11.3 Å². The van der Waals surface area contributed by atoms with Crippen LogP contribution < -0.4 is 10.6 Å². The fourth-order valence-electron chi connectivity index (χ4n) is 2.69. The summed E-state index contributed by atoms with van der Waals surface area (Å²) in [5.41, 5.74) is -0.153. The van der Waals surface area contributed by atoms with Crippen LogP contribution in [0.25, 0.3) is 0 Å². The van der Waals surface area contributed by atoms with Gasteiger partial charge in [0.15, 0.2) is 0 Å². The molecule has 0 radical (unpaired) electrons. The van der Waals surface area contributed by atoms with Gasteiger partial charge < -0.3 is 20.5 Å². The molecule has 0 saturated heterocycles. The number of carboxylic acids is 1. The van der Waals surface area contributed by atoms with Crippen LogP contribution in [0.1, 0.15) is 33.3 Å². The lowest BCUT2D eigenvalue weighted by molar-refractivity contribution is -0.143. The van der Waals surface area contributed by atoms with Crippen molar-refractivity contribution >= 4 is 39.8 Å². The summed E-state index contributed by atoms with van der Waals surface area (Å²) in [5, 5.41) is 13.7. The molecule has 11 heteroatoms. The van der Waals surface area contributed by atoms with Crippen molar-refractivity contribution in [2.45, 2.75) is 26.4 Å². The zero-order valence-corrected chi connectivity index (χ0v) is 16.9. The Hall–Kier alpha value is -2.92. The van der Waals surface area contributed by atoms with Crippen molar-refractivity contribution in [1.82, 2.24) is 0 Å². The number of carbonyl (C=O) groups is 3. The molecular weight excluding hydrogens is 425 g/mol. The summed E-state index contributed by atoms with van der Waals surface area (Å²) >= 11 is 1.14. The van der Waals surface area contributed by atoms with Gasteiger partial charge in [-0.1, -0.05) is 13.0 Å².